The molecule has 0 aromatic heterocycles. The highest BCUT2D eigenvalue weighted by Crippen LogP contribution is 2.21. The first-order chi connectivity index (χ1) is 8.68. The fourth-order valence-corrected chi connectivity index (χ4v) is 2.96. The first kappa shape index (κ1) is 13.1. The van der Waals surface area contributed by atoms with Gasteiger partial charge in [-0.2, -0.15) is 13.5 Å². The van der Waals surface area contributed by atoms with Gasteiger partial charge in [-0.05, 0) is 30.9 Å². The van der Waals surface area contributed by atoms with E-state index in [0.717, 1.165) is 12.8 Å². The lowest BCUT2D eigenvalue weighted by molar-refractivity contribution is 0.444. The number of rotatable bonds is 4. The second-order valence-electron chi connectivity index (χ2n) is 4.58. The summed E-state index contributed by atoms with van der Waals surface area (Å²) in [4.78, 5) is 2.51. The van der Waals surface area contributed by atoms with Crippen LogP contribution in [0, 0.1) is 5.92 Å². The lowest BCUT2D eigenvalue weighted by Gasteiger charge is -2.16. The Morgan fingerprint density at radius 1 is 1.11 bits per heavy atom. The minimum atomic E-state index is -3.51. The molecule has 4 nitrogen and oxygen atoms in total. The van der Waals surface area contributed by atoms with Crippen LogP contribution in [0.1, 0.15) is 32.1 Å². The molecule has 1 aliphatic rings. The standard InChI is InChI=1S/C13H18N2O2S/c16-18(17,13-9-5-2-6-10-13)15-14-11-12-7-3-1-4-8-12/h2,5-6,9-12,15H,1,3-4,7-8H2/b14-11-. The summed E-state index contributed by atoms with van der Waals surface area (Å²) in [6.07, 6.45) is 7.65. The smallest absolute Gasteiger partial charge is 0.200 e. The zero-order valence-electron chi connectivity index (χ0n) is 10.2. The van der Waals surface area contributed by atoms with Crippen LogP contribution >= 0.6 is 0 Å². The maximum atomic E-state index is 11.8. The minimum Gasteiger partial charge on any atom is -0.200 e. The molecule has 0 unspecified atom stereocenters. The lowest BCUT2D eigenvalue weighted by Crippen LogP contribution is -2.19. The quantitative estimate of drug-likeness (QED) is 0.672. The predicted molar refractivity (Wildman–Crippen MR) is 71.8 cm³/mol. The Bertz CT molecular complexity index is 491. The van der Waals surface area contributed by atoms with Crippen LogP contribution < -0.4 is 4.83 Å². The second kappa shape index (κ2) is 6.00. The van der Waals surface area contributed by atoms with Gasteiger partial charge in [-0.3, -0.25) is 0 Å². The van der Waals surface area contributed by atoms with Gasteiger partial charge < -0.3 is 0 Å². The number of hydrogen-bond acceptors (Lipinski definition) is 3. The third-order valence-corrected chi connectivity index (χ3v) is 4.40. The number of nitrogens with zero attached hydrogens (tertiary/aromatic N) is 1. The van der Waals surface area contributed by atoms with Crippen molar-refractivity contribution in [3.05, 3.63) is 30.3 Å². The molecule has 2 rings (SSSR count). The Hall–Kier alpha value is -1.36. The van der Waals surface area contributed by atoms with E-state index < -0.39 is 10.0 Å². The van der Waals surface area contributed by atoms with Crippen LogP contribution in [0.3, 0.4) is 0 Å². The van der Waals surface area contributed by atoms with E-state index >= 15 is 0 Å². The van der Waals surface area contributed by atoms with E-state index in [4.69, 9.17) is 0 Å². The molecular formula is C13H18N2O2S. The van der Waals surface area contributed by atoms with Crippen molar-refractivity contribution in [1.82, 2.24) is 4.83 Å². The first-order valence-corrected chi connectivity index (χ1v) is 7.77. The average Bonchev–Trinajstić information content (AvgIpc) is 2.41. The molecule has 0 amide bonds. The zero-order chi connectivity index (χ0) is 12.8. The summed E-state index contributed by atoms with van der Waals surface area (Å²) >= 11 is 0. The number of sulfonamides is 1. The molecule has 98 valence electrons. The molecule has 0 spiro atoms. The zero-order valence-corrected chi connectivity index (χ0v) is 11.1. The molecule has 5 heteroatoms. The summed E-state index contributed by atoms with van der Waals surface area (Å²) < 4.78 is 23.7. The summed E-state index contributed by atoms with van der Waals surface area (Å²) in [7, 11) is -3.51. The predicted octanol–water partition coefficient (Wildman–Crippen LogP) is 2.53. The largest absolute Gasteiger partial charge is 0.276 e. The van der Waals surface area contributed by atoms with Gasteiger partial charge in [0.1, 0.15) is 0 Å². The molecule has 1 aliphatic carbocycles. The van der Waals surface area contributed by atoms with E-state index in [-0.39, 0.29) is 4.90 Å². The molecule has 0 aliphatic heterocycles. The number of nitrogens with one attached hydrogen (secondary N) is 1. The SMILES string of the molecule is O=S(=O)(N/N=C\C1CCCCC1)c1ccccc1. The Morgan fingerprint density at radius 3 is 2.44 bits per heavy atom. The van der Waals surface area contributed by atoms with Crippen molar-refractivity contribution >= 4 is 16.2 Å². The lowest BCUT2D eigenvalue weighted by atomic mass is 9.90. The Morgan fingerprint density at radius 2 is 1.78 bits per heavy atom. The normalized spacial score (nSPS) is 18.0. The van der Waals surface area contributed by atoms with Gasteiger partial charge in [0.05, 0.1) is 4.90 Å². The van der Waals surface area contributed by atoms with Gasteiger partial charge in [0, 0.05) is 6.21 Å². The van der Waals surface area contributed by atoms with E-state index in [0.29, 0.717) is 5.92 Å². The third kappa shape index (κ3) is 3.57. The Kier molecular flexibility index (Phi) is 4.36. The van der Waals surface area contributed by atoms with Gasteiger partial charge in [0.2, 0.25) is 0 Å². The maximum absolute atomic E-state index is 11.8. The molecule has 0 radical (unpaired) electrons. The van der Waals surface area contributed by atoms with Gasteiger partial charge >= 0.3 is 0 Å². The van der Waals surface area contributed by atoms with E-state index in [1.165, 1.54) is 19.3 Å². The molecular weight excluding hydrogens is 248 g/mol. The molecule has 1 aromatic carbocycles. The van der Waals surface area contributed by atoms with Crippen LogP contribution in [0.2, 0.25) is 0 Å². The average molecular weight is 266 g/mol. The third-order valence-electron chi connectivity index (χ3n) is 3.16. The number of hydrazone groups is 1. The van der Waals surface area contributed by atoms with Gasteiger partial charge in [0.25, 0.3) is 10.0 Å². The Balaban J connectivity index is 1.95. The molecule has 1 fully saturated rings. The second-order valence-corrected chi connectivity index (χ2v) is 6.24. The van der Waals surface area contributed by atoms with Crippen molar-refractivity contribution in [1.29, 1.82) is 0 Å². The maximum Gasteiger partial charge on any atom is 0.276 e. The molecule has 1 saturated carbocycles. The summed E-state index contributed by atoms with van der Waals surface area (Å²) in [6.45, 7) is 0. The van der Waals surface area contributed by atoms with E-state index in [9.17, 15) is 8.42 Å². The summed E-state index contributed by atoms with van der Waals surface area (Å²) in [5.41, 5.74) is 0. The van der Waals surface area contributed by atoms with Crippen LogP contribution in [0.15, 0.2) is 40.3 Å². The van der Waals surface area contributed by atoms with Crippen LogP contribution in [-0.4, -0.2) is 14.6 Å². The molecule has 0 bridgehead atoms. The molecule has 0 heterocycles. The summed E-state index contributed by atoms with van der Waals surface area (Å²) in [5, 5.41) is 3.88. The van der Waals surface area contributed by atoms with E-state index in [2.05, 4.69) is 9.93 Å². The Labute approximate surface area is 108 Å². The van der Waals surface area contributed by atoms with Gasteiger partial charge in [-0.15, -0.1) is 0 Å². The molecule has 18 heavy (non-hydrogen) atoms. The van der Waals surface area contributed by atoms with E-state index in [1.54, 1.807) is 36.5 Å². The monoisotopic (exact) mass is 266 g/mol. The summed E-state index contributed by atoms with van der Waals surface area (Å²) in [5.74, 6) is 0.414. The van der Waals surface area contributed by atoms with Crippen molar-refractivity contribution in [2.45, 2.75) is 37.0 Å². The highest BCUT2D eigenvalue weighted by atomic mass is 32.2. The van der Waals surface area contributed by atoms with Crippen molar-refractivity contribution in [2.75, 3.05) is 0 Å². The van der Waals surface area contributed by atoms with Crippen LogP contribution in [0.25, 0.3) is 0 Å². The molecule has 0 atom stereocenters. The minimum absolute atomic E-state index is 0.241. The van der Waals surface area contributed by atoms with Crippen LogP contribution in [0.4, 0.5) is 0 Å². The highest BCUT2D eigenvalue weighted by molar-refractivity contribution is 7.89. The van der Waals surface area contributed by atoms with Crippen LogP contribution in [-0.2, 0) is 10.0 Å². The van der Waals surface area contributed by atoms with Crippen molar-refractivity contribution in [3.63, 3.8) is 0 Å². The molecule has 1 N–H and O–H groups in total. The number of benzene rings is 1. The summed E-state index contributed by atoms with van der Waals surface area (Å²) in [6, 6.07) is 8.28. The van der Waals surface area contributed by atoms with Gasteiger partial charge in [-0.25, -0.2) is 4.83 Å². The van der Waals surface area contributed by atoms with Gasteiger partial charge in [0.15, 0.2) is 0 Å². The van der Waals surface area contributed by atoms with Gasteiger partial charge in [-0.1, -0.05) is 37.5 Å². The molecule has 0 saturated heterocycles. The van der Waals surface area contributed by atoms with E-state index in [1.807, 2.05) is 0 Å². The van der Waals surface area contributed by atoms with Crippen molar-refractivity contribution < 1.29 is 8.42 Å². The topological polar surface area (TPSA) is 58.5 Å². The molecule has 1 aromatic rings. The number of hydrogen-bond donors (Lipinski definition) is 1. The highest BCUT2D eigenvalue weighted by Gasteiger charge is 2.13. The van der Waals surface area contributed by atoms with Crippen molar-refractivity contribution in [2.24, 2.45) is 11.0 Å². The van der Waals surface area contributed by atoms with Crippen molar-refractivity contribution in [3.8, 4) is 0 Å². The first-order valence-electron chi connectivity index (χ1n) is 6.28. The fraction of sp³-hybridized carbons (Fsp3) is 0.462. The fourth-order valence-electron chi connectivity index (χ4n) is 2.14. The van der Waals surface area contributed by atoms with Crippen LogP contribution in [0.5, 0.6) is 0 Å².